The molecule has 0 spiro atoms. The van der Waals surface area contributed by atoms with Crippen LogP contribution in [0.15, 0.2) is 12.7 Å². The van der Waals surface area contributed by atoms with Crippen LogP contribution in [0.2, 0.25) is 18.1 Å². The molecular weight excluding hydrogens is 384 g/mol. The van der Waals surface area contributed by atoms with Crippen molar-refractivity contribution in [1.82, 2.24) is 0 Å². The SMILES string of the molecule is C=CC[C@@H](O)CC[C@@H](CCCCCCCCCCCCCC)O[Si](C)(C)C(C)(C)C. The third-order valence-corrected chi connectivity index (χ3v) is 11.4. The van der Waals surface area contributed by atoms with Crippen molar-refractivity contribution in [3.63, 3.8) is 0 Å². The molecule has 0 aromatic heterocycles. The summed E-state index contributed by atoms with van der Waals surface area (Å²) in [5, 5.41) is 10.4. The van der Waals surface area contributed by atoms with Gasteiger partial charge in [-0.25, -0.2) is 0 Å². The summed E-state index contributed by atoms with van der Waals surface area (Å²) in [5.41, 5.74) is 0. The van der Waals surface area contributed by atoms with Gasteiger partial charge < -0.3 is 9.53 Å². The molecule has 0 amide bonds. The van der Waals surface area contributed by atoms with Crippen LogP contribution in [0.1, 0.15) is 130 Å². The highest BCUT2D eigenvalue weighted by Crippen LogP contribution is 2.38. The Morgan fingerprint density at radius 2 is 1.27 bits per heavy atom. The number of unbranched alkanes of at least 4 members (excludes halogenated alkanes) is 11. The predicted octanol–water partition coefficient (Wildman–Crippen LogP) is 9.19. The Labute approximate surface area is 191 Å². The number of hydrogen-bond acceptors (Lipinski definition) is 2. The smallest absolute Gasteiger partial charge is 0.192 e. The molecule has 0 bridgehead atoms. The van der Waals surface area contributed by atoms with E-state index in [4.69, 9.17) is 4.43 Å². The highest BCUT2D eigenvalue weighted by atomic mass is 28.4. The summed E-state index contributed by atoms with van der Waals surface area (Å²) in [7, 11) is -1.76. The lowest BCUT2D eigenvalue weighted by molar-refractivity contribution is 0.113. The highest BCUT2D eigenvalue weighted by Gasteiger charge is 2.38. The minimum absolute atomic E-state index is 0.238. The lowest BCUT2D eigenvalue weighted by atomic mass is 10.0. The fourth-order valence-electron chi connectivity index (χ4n) is 3.76. The van der Waals surface area contributed by atoms with Crippen molar-refractivity contribution in [2.75, 3.05) is 0 Å². The van der Waals surface area contributed by atoms with Crippen molar-refractivity contribution >= 4 is 8.32 Å². The average Bonchev–Trinajstić information content (AvgIpc) is 2.66. The largest absolute Gasteiger partial charge is 0.414 e. The fraction of sp³-hybridized carbons (Fsp3) is 0.926. The Hall–Kier alpha value is -0.123. The molecule has 180 valence electrons. The van der Waals surface area contributed by atoms with E-state index in [1.165, 1.54) is 77.0 Å². The van der Waals surface area contributed by atoms with E-state index in [2.05, 4.69) is 47.4 Å². The van der Waals surface area contributed by atoms with Crippen molar-refractivity contribution in [2.45, 2.75) is 161 Å². The summed E-state index contributed by atoms with van der Waals surface area (Å²) in [6.45, 7) is 17.7. The summed E-state index contributed by atoms with van der Waals surface area (Å²) in [4.78, 5) is 0. The Morgan fingerprint density at radius 1 is 0.800 bits per heavy atom. The first-order valence-electron chi connectivity index (χ1n) is 13.1. The van der Waals surface area contributed by atoms with Gasteiger partial charge in [0.25, 0.3) is 0 Å². The molecule has 0 saturated carbocycles. The second kappa shape index (κ2) is 17.4. The van der Waals surface area contributed by atoms with E-state index in [0.29, 0.717) is 12.5 Å². The van der Waals surface area contributed by atoms with Crippen molar-refractivity contribution in [1.29, 1.82) is 0 Å². The van der Waals surface area contributed by atoms with Crippen molar-refractivity contribution < 1.29 is 9.53 Å². The molecule has 3 heteroatoms. The molecular formula is C27H56O2Si. The summed E-state index contributed by atoms with van der Waals surface area (Å²) >= 11 is 0. The zero-order valence-electron chi connectivity index (χ0n) is 21.6. The monoisotopic (exact) mass is 440 g/mol. The lowest BCUT2D eigenvalue weighted by Gasteiger charge is -2.39. The third kappa shape index (κ3) is 15.6. The van der Waals surface area contributed by atoms with Gasteiger partial charge in [0, 0.05) is 6.10 Å². The first-order chi connectivity index (χ1) is 14.1. The van der Waals surface area contributed by atoms with Crippen LogP contribution >= 0.6 is 0 Å². The maximum atomic E-state index is 10.1. The molecule has 0 rings (SSSR count). The summed E-state index contributed by atoms with van der Waals surface area (Å²) in [6.07, 6.45) is 22.1. The molecule has 0 aromatic carbocycles. The van der Waals surface area contributed by atoms with Crippen molar-refractivity contribution in [2.24, 2.45) is 0 Å². The van der Waals surface area contributed by atoms with Crippen LogP contribution in [0.3, 0.4) is 0 Å². The van der Waals surface area contributed by atoms with Gasteiger partial charge in [-0.1, -0.05) is 111 Å². The Bertz CT molecular complexity index is 400. The van der Waals surface area contributed by atoms with Gasteiger partial charge in [0.15, 0.2) is 8.32 Å². The fourth-order valence-corrected chi connectivity index (χ4v) is 5.18. The zero-order chi connectivity index (χ0) is 22.9. The van der Waals surface area contributed by atoms with Crippen LogP contribution in [0, 0.1) is 0 Å². The number of aliphatic hydroxyl groups is 1. The van der Waals surface area contributed by atoms with Crippen LogP contribution < -0.4 is 0 Å². The van der Waals surface area contributed by atoms with E-state index in [-0.39, 0.29) is 11.1 Å². The first-order valence-corrected chi connectivity index (χ1v) is 16.0. The van der Waals surface area contributed by atoms with E-state index in [1.807, 2.05) is 6.08 Å². The minimum Gasteiger partial charge on any atom is -0.414 e. The molecule has 30 heavy (non-hydrogen) atoms. The van der Waals surface area contributed by atoms with Gasteiger partial charge in [0.1, 0.15) is 0 Å². The quantitative estimate of drug-likeness (QED) is 0.116. The number of hydrogen-bond donors (Lipinski definition) is 1. The van der Waals surface area contributed by atoms with E-state index >= 15 is 0 Å². The van der Waals surface area contributed by atoms with Crippen molar-refractivity contribution in [3.05, 3.63) is 12.7 Å². The molecule has 0 aliphatic carbocycles. The first kappa shape index (κ1) is 29.9. The molecule has 1 N–H and O–H groups in total. The minimum atomic E-state index is -1.76. The van der Waals surface area contributed by atoms with Crippen LogP contribution in [0.25, 0.3) is 0 Å². The van der Waals surface area contributed by atoms with Gasteiger partial charge >= 0.3 is 0 Å². The van der Waals surface area contributed by atoms with E-state index < -0.39 is 8.32 Å². The summed E-state index contributed by atoms with van der Waals surface area (Å²) in [5.74, 6) is 0. The molecule has 2 atom stereocenters. The molecule has 0 radical (unpaired) electrons. The van der Waals surface area contributed by atoms with Gasteiger partial charge in [-0.05, 0) is 43.8 Å². The number of rotatable bonds is 20. The summed E-state index contributed by atoms with van der Waals surface area (Å²) in [6, 6.07) is 0. The van der Waals surface area contributed by atoms with Gasteiger partial charge in [-0.15, -0.1) is 6.58 Å². The van der Waals surface area contributed by atoms with Gasteiger partial charge in [-0.2, -0.15) is 0 Å². The van der Waals surface area contributed by atoms with Crippen LogP contribution in [0.5, 0.6) is 0 Å². The molecule has 0 fully saturated rings. The maximum Gasteiger partial charge on any atom is 0.192 e. The lowest BCUT2D eigenvalue weighted by Crippen LogP contribution is -2.44. The topological polar surface area (TPSA) is 29.5 Å². The Morgan fingerprint density at radius 3 is 1.70 bits per heavy atom. The van der Waals surface area contributed by atoms with Gasteiger partial charge in [0.2, 0.25) is 0 Å². The molecule has 0 saturated heterocycles. The Kier molecular flexibility index (Phi) is 17.4. The standard InChI is InChI=1S/C27H56O2Si/c1-8-10-11-12-13-14-15-16-17-18-19-20-22-26(24-23-25(28)21-9-2)29-30(6,7)27(3,4)5/h9,25-26,28H,2,8,10-24H2,1,3-7H3/t25-,26-/m1/s1. The second-order valence-corrected chi connectivity index (χ2v) is 15.7. The van der Waals surface area contributed by atoms with E-state index in [9.17, 15) is 5.11 Å². The average molecular weight is 441 g/mol. The molecule has 0 unspecified atom stereocenters. The third-order valence-electron chi connectivity index (χ3n) is 6.91. The Balaban J connectivity index is 4.10. The van der Waals surface area contributed by atoms with Crippen LogP contribution in [0.4, 0.5) is 0 Å². The van der Waals surface area contributed by atoms with Crippen molar-refractivity contribution in [3.8, 4) is 0 Å². The van der Waals surface area contributed by atoms with Crippen LogP contribution in [-0.2, 0) is 4.43 Å². The van der Waals surface area contributed by atoms with E-state index in [1.54, 1.807) is 0 Å². The molecule has 0 aliphatic heterocycles. The second-order valence-electron chi connectivity index (χ2n) is 10.9. The molecule has 0 aliphatic rings. The summed E-state index contributed by atoms with van der Waals surface area (Å²) < 4.78 is 6.73. The number of aliphatic hydroxyl groups excluding tert-OH is 1. The van der Waals surface area contributed by atoms with E-state index in [0.717, 1.165) is 19.3 Å². The zero-order valence-corrected chi connectivity index (χ0v) is 22.6. The highest BCUT2D eigenvalue weighted by molar-refractivity contribution is 6.74. The molecule has 0 heterocycles. The van der Waals surface area contributed by atoms with Gasteiger partial charge in [-0.3, -0.25) is 0 Å². The molecule has 2 nitrogen and oxygen atoms in total. The predicted molar refractivity (Wildman–Crippen MR) is 138 cm³/mol. The molecule has 0 aromatic rings. The normalized spacial score (nSPS) is 14.6. The van der Waals surface area contributed by atoms with Gasteiger partial charge in [0.05, 0.1) is 6.10 Å². The van der Waals surface area contributed by atoms with Crippen LogP contribution in [-0.4, -0.2) is 25.6 Å². The maximum absolute atomic E-state index is 10.1.